The molecule has 1 unspecified atom stereocenters. The molecule has 2 rings (SSSR count). The lowest BCUT2D eigenvalue weighted by Crippen LogP contribution is -2.20. The van der Waals surface area contributed by atoms with Gasteiger partial charge in [-0.05, 0) is 20.3 Å². The lowest BCUT2D eigenvalue weighted by atomic mass is 10.1. The minimum Gasteiger partial charge on any atom is -0.391 e. The Labute approximate surface area is 95.6 Å². The minimum absolute atomic E-state index is 0.00711. The summed E-state index contributed by atoms with van der Waals surface area (Å²) < 4.78 is 24.6. The van der Waals surface area contributed by atoms with Gasteiger partial charge in [-0.15, -0.1) is 0 Å². The van der Waals surface area contributed by atoms with E-state index in [1.807, 2.05) is 12.2 Å². The van der Waals surface area contributed by atoms with Crippen molar-refractivity contribution in [3.8, 4) is 0 Å². The van der Waals surface area contributed by atoms with Crippen LogP contribution in [0, 0.1) is 0 Å². The zero-order chi connectivity index (χ0) is 11.8. The molecule has 4 atom stereocenters. The van der Waals surface area contributed by atoms with E-state index in [0.29, 0.717) is 19.6 Å². The highest BCUT2D eigenvalue weighted by atomic mass is 31.2. The molecule has 1 heterocycles. The second-order valence-electron chi connectivity index (χ2n) is 3.90. The maximum atomic E-state index is 12.4. The molecule has 0 saturated carbocycles. The summed E-state index contributed by atoms with van der Waals surface area (Å²) in [5.41, 5.74) is 0. The molecule has 92 valence electrons. The molecular formula is C10H18NO4P. The number of hydrogen-bond donors (Lipinski definition) is 1. The van der Waals surface area contributed by atoms with Crippen LogP contribution in [0.4, 0.5) is 0 Å². The first-order valence-electron chi connectivity index (χ1n) is 5.66. The smallest absolute Gasteiger partial charge is 0.391 e. The van der Waals surface area contributed by atoms with Gasteiger partial charge in [0, 0.05) is 0 Å². The highest BCUT2D eigenvalue weighted by Crippen LogP contribution is 2.63. The fraction of sp³-hybridized carbons (Fsp3) is 0.800. The lowest BCUT2D eigenvalue weighted by molar-refractivity contribution is 0.150. The standard InChI is InChI=1S/C10H18NO4P/c1-3-14-16(13,15-4-2)11-8-6-5-7-9(12)10(8)11/h5-6,8-10,12H,3-4,7H2,1-2H3/t8-,9-,10-,11?/m0/s1. The molecule has 0 aromatic heterocycles. The number of hydrogen-bond acceptors (Lipinski definition) is 4. The average molecular weight is 247 g/mol. The van der Waals surface area contributed by atoms with Crippen molar-refractivity contribution in [1.82, 2.24) is 4.67 Å². The molecule has 5 nitrogen and oxygen atoms in total. The predicted octanol–water partition coefficient (Wildman–Crippen LogP) is 1.54. The molecule has 0 amide bonds. The molecule has 16 heavy (non-hydrogen) atoms. The molecule has 1 aliphatic heterocycles. The number of aliphatic hydroxyl groups is 1. The van der Waals surface area contributed by atoms with Crippen molar-refractivity contribution in [2.24, 2.45) is 0 Å². The molecule has 1 aliphatic carbocycles. The maximum absolute atomic E-state index is 12.4. The van der Waals surface area contributed by atoms with Crippen LogP contribution in [0.1, 0.15) is 20.3 Å². The number of rotatable bonds is 5. The Kier molecular flexibility index (Phi) is 3.52. The number of aliphatic hydroxyl groups excluding tert-OH is 1. The van der Waals surface area contributed by atoms with Crippen molar-refractivity contribution in [3.63, 3.8) is 0 Å². The van der Waals surface area contributed by atoms with Crippen LogP contribution in [0.15, 0.2) is 12.2 Å². The fourth-order valence-electron chi connectivity index (χ4n) is 2.18. The van der Waals surface area contributed by atoms with Crippen LogP contribution in [0.2, 0.25) is 0 Å². The Hall–Kier alpha value is -0.190. The van der Waals surface area contributed by atoms with E-state index >= 15 is 0 Å². The van der Waals surface area contributed by atoms with Gasteiger partial charge in [-0.2, -0.15) is 4.67 Å². The maximum Gasteiger partial charge on any atom is 0.409 e. The van der Waals surface area contributed by atoms with Crippen LogP contribution in [0.25, 0.3) is 0 Å². The molecular weight excluding hydrogens is 229 g/mol. The van der Waals surface area contributed by atoms with Crippen LogP contribution >= 0.6 is 7.75 Å². The summed E-state index contributed by atoms with van der Waals surface area (Å²) in [7, 11) is -3.20. The molecule has 0 radical (unpaired) electrons. The van der Waals surface area contributed by atoms with Crippen LogP contribution < -0.4 is 0 Å². The molecule has 0 aromatic rings. The van der Waals surface area contributed by atoms with Gasteiger partial charge in [0.1, 0.15) is 0 Å². The number of fused-ring (bicyclic) bond motifs is 1. The zero-order valence-electron chi connectivity index (χ0n) is 9.57. The topological polar surface area (TPSA) is 58.8 Å². The Morgan fingerprint density at radius 2 is 2.06 bits per heavy atom. The summed E-state index contributed by atoms with van der Waals surface area (Å²) in [6, 6.07) is -0.0957. The first-order chi connectivity index (χ1) is 7.64. The van der Waals surface area contributed by atoms with Crippen LogP contribution in [-0.2, 0) is 13.6 Å². The van der Waals surface area contributed by atoms with E-state index in [9.17, 15) is 9.67 Å². The summed E-state index contributed by atoms with van der Waals surface area (Å²) >= 11 is 0. The molecule has 0 aromatic carbocycles. The summed E-state index contributed by atoms with van der Waals surface area (Å²) in [4.78, 5) is 0. The zero-order valence-corrected chi connectivity index (χ0v) is 10.5. The van der Waals surface area contributed by atoms with Crippen molar-refractivity contribution in [3.05, 3.63) is 12.2 Å². The Balaban J connectivity index is 2.12. The van der Waals surface area contributed by atoms with Crippen molar-refractivity contribution in [2.45, 2.75) is 38.5 Å². The van der Waals surface area contributed by atoms with Crippen molar-refractivity contribution < 1.29 is 18.7 Å². The van der Waals surface area contributed by atoms with Crippen molar-refractivity contribution >= 4 is 7.75 Å². The van der Waals surface area contributed by atoms with Gasteiger partial charge in [-0.3, -0.25) is 9.05 Å². The first-order valence-corrected chi connectivity index (χ1v) is 7.16. The quantitative estimate of drug-likeness (QED) is 0.453. The summed E-state index contributed by atoms with van der Waals surface area (Å²) in [6.07, 6.45) is 4.01. The average Bonchev–Trinajstić information content (AvgIpc) is 2.95. The van der Waals surface area contributed by atoms with Crippen LogP contribution in [-0.4, -0.2) is 41.2 Å². The molecule has 0 spiro atoms. The monoisotopic (exact) mass is 247 g/mol. The van der Waals surface area contributed by atoms with E-state index in [-0.39, 0.29) is 12.1 Å². The van der Waals surface area contributed by atoms with Crippen molar-refractivity contribution in [1.29, 1.82) is 0 Å². The van der Waals surface area contributed by atoms with Gasteiger partial charge in [-0.25, -0.2) is 4.57 Å². The predicted molar refractivity (Wildman–Crippen MR) is 60.0 cm³/mol. The normalized spacial score (nSPS) is 37.2. The first kappa shape index (κ1) is 12.3. The largest absolute Gasteiger partial charge is 0.409 e. The second-order valence-corrected chi connectivity index (χ2v) is 5.81. The molecule has 0 bridgehead atoms. The van der Waals surface area contributed by atoms with Crippen LogP contribution in [0.3, 0.4) is 0 Å². The third-order valence-corrected chi connectivity index (χ3v) is 5.11. The third-order valence-electron chi connectivity index (χ3n) is 2.84. The third kappa shape index (κ3) is 1.98. The van der Waals surface area contributed by atoms with E-state index < -0.39 is 13.9 Å². The van der Waals surface area contributed by atoms with E-state index in [4.69, 9.17) is 9.05 Å². The minimum atomic E-state index is -3.20. The van der Waals surface area contributed by atoms with Gasteiger partial charge in [0.25, 0.3) is 0 Å². The molecule has 1 fully saturated rings. The van der Waals surface area contributed by atoms with E-state index in [1.165, 1.54) is 0 Å². The van der Waals surface area contributed by atoms with E-state index in [1.54, 1.807) is 18.5 Å². The van der Waals surface area contributed by atoms with Gasteiger partial charge in [0.2, 0.25) is 0 Å². The number of nitrogens with zero attached hydrogens (tertiary/aromatic N) is 1. The van der Waals surface area contributed by atoms with Crippen LogP contribution in [0.5, 0.6) is 0 Å². The Bertz CT molecular complexity index is 323. The lowest BCUT2D eigenvalue weighted by Gasteiger charge is -2.18. The molecule has 2 aliphatic rings. The second kappa shape index (κ2) is 4.59. The van der Waals surface area contributed by atoms with Crippen molar-refractivity contribution in [2.75, 3.05) is 13.2 Å². The van der Waals surface area contributed by atoms with Gasteiger partial charge in [0.15, 0.2) is 0 Å². The summed E-state index contributed by atoms with van der Waals surface area (Å²) in [5, 5.41) is 9.76. The molecule has 1 N–H and O–H groups in total. The van der Waals surface area contributed by atoms with E-state index in [2.05, 4.69) is 0 Å². The molecule has 6 heteroatoms. The van der Waals surface area contributed by atoms with Gasteiger partial charge >= 0.3 is 7.75 Å². The SMILES string of the molecule is CCOP(=O)(OCC)N1[C@@H]2[C@@H](O)CC=C[C@@H]21. The van der Waals surface area contributed by atoms with Gasteiger partial charge < -0.3 is 5.11 Å². The summed E-state index contributed by atoms with van der Waals surface area (Å²) in [6.45, 7) is 4.25. The molecule has 1 saturated heterocycles. The highest BCUT2D eigenvalue weighted by molar-refractivity contribution is 7.51. The highest BCUT2D eigenvalue weighted by Gasteiger charge is 2.61. The summed E-state index contributed by atoms with van der Waals surface area (Å²) in [5.74, 6) is 0. The van der Waals surface area contributed by atoms with Gasteiger partial charge in [0.05, 0.1) is 31.4 Å². The van der Waals surface area contributed by atoms with Gasteiger partial charge in [-0.1, -0.05) is 12.2 Å². The fourth-order valence-corrected chi connectivity index (χ4v) is 4.27. The van der Waals surface area contributed by atoms with E-state index in [0.717, 1.165) is 0 Å². The Morgan fingerprint density at radius 1 is 1.44 bits per heavy atom. The Morgan fingerprint density at radius 3 is 2.56 bits per heavy atom.